The number of hydrogen-bond acceptors (Lipinski definition) is 4. The van der Waals surface area contributed by atoms with Crippen molar-refractivity contribution in [3.8, 4) is 0 Å². The lowest BCUT2D eigenvalue weighted by atomic mass is 10.3. The molecule has 5 heteroatoms. The van der Waals surface area contributed by atoms with Crippen LogP contribution in [0.2, 0.25) is 5.15 Å². The predicted molar refractivity (Wildman–Crippen MR) is 63.2 cm³/mol. The van der Waals surface area contributed by atoms with E-state index in [-0.39, 0.29) is 0 Å². The maximum atomic E-state index is 5.87. The van der Waals surface area contributed by atoms with Crippen LogP contribution in [0.3, 0.4) is 0 Å². The van der Waals surface area contributed by atoms with Crippen molar-refractivity contribution >= 4 is 29.2 Å². The highest BCUT2D eigenvalue weighted by Crippen LogP contribution is 2.18. The third kappa shape index (κ3) is 3.03. The van der Waals surface area contributed by atoms with Crippen LogP contribution in [0.1, 0.15) is 12.5 Å². The maximum absolute atomic E-state index is 5.87. The van der Waals surface area contributed by atoms with Crippen molar-refractivity contribution in [2.45, 2.75) is 19.1 Å². The topological polar surface area (TPSA) is 37.8 Å². The molecule has 0 saturated carbocycles. The molecular formula is C9H14ClN3S. The molecular weight excluding hydrogens is 218 g/mol. The van der Waals surface area contributed by atoms with Gasteiger partial charge < -0.3 is 5.32 Å². The van der Waals surface area contributed by atoms with E-state index in [4.69, 9.17) is 11.6 Å². The van der Waals surface area contributed by atoms with E-state index < -0.39 is 0 Å². The Hall–Kier alpha value is -0.480. The second kappa shape index (κ2) is 5.41. The number of thioether (sulfide) groups is 1. The van der Waals surface area contributed by atoms with Crippen LogP contribution >= 0.6 is 23.4 Å². The summed E-state index contributed by atoms with van der Waals surface area (Å²) in [6.45, 7) is 4.96. The first-order chi connectivity index (χ1) is 6.65. The molecule has 0 radical (unpaired) electrons. The standard InChI is InChI=1S/C9H14ClN3S/c1-6(14-3)4-11-9-7(2)8(10)12-5-13-9/h5-6H,4H2,1-3H3,(H,11,12,13). The highest BCUT2D eigenvalue weighted by atomic mass is 35.5. The van der Waals surface area contributed by atoms with Crippen molar-refractivity contribution in [3.05, 3.63) is 17.0 Å². The summed E-state index contributed by atoms with van der Waals surface area (Å²) in [6.07, 6.45) is 3.56. The largest absolute Gasteiger partial charge is 0.369 e. The SMILES string of the molecule is CSC(C)CNc1ncnc(Cl)c1C. The second-order valence-electron chi connectivity index (χ2n) is 3.07. The van der Waals surface area contributed by atoms with E-state index in [1.54, 1.807) is 0 Å². The summed E-state index contributed by atoms with van der Waals surface area (Å²) in [5.41, 5.74) is 0.905. The zero-order chi connectivity index (χ0) is 10.6. The second-order valence-corrected chi connectivity index (χ2v) is 4.70. The number of nitrogens with one attached hydrogen (secondary N) is 1. The minimum absolute atomic E-state index is 0.513. The molecule has 1 heterocycles. The molecule has 14 heavy (non-hydrogen) atoms. The number of aromatic nitrogens is 2. The Morgan fingerprint density at radius 1 is 1.57 bits per heavy atom. The number of rotatable bonds is 4. The molecule has 0 aliphatic heterocycles. The summed E-state index contributed by atoms with van der Waals surface area (Å²) >= 11 is 7.68. The van der Waals surface area contributed by atoms with Crippen LogP contribution < -0.4 is 5.32 Å². The van der Waals surface area contributed by atoms with Crippen LogP contribution in [0.25, 0.3) is 0 Å². The highest BCUT2D eigenvalue weighted by molar-refractivity contribution is 7.99. The van der Waals surface area contributed by atoms with Gasteiger partial charge >= 0.3 is 0 Å². The van der Waals surface area contributed by atoms with E-state index in [9.17, 15) is 0 Å². The number of hydrogen-bond donors (Lipinski definition) is 1. The van der Waals surface area contributed by atoms with Crippen LogP contribution in [0.5, 0.6) is 0 Å². The Kier molecular flexibility index (Phi) is 4.48. The summed E-state index contributed by atoms with van der Waals surface area (Å²) in [4.78, 5) is 8.03. The summed E-state index contributed by atoms with van der Waals surface area (Å²) in [5, 5.41) is 4.32. The van der Waals surface area contributed by atoms with Crippen molar-refractivity contribution < 1.29 is 0 Å². The van der Waals surface area contributed by atoms with Crippen molar-refractivity contribution in [1.29, 1.82) is 0 Å². The Morgan fingerprint density at radius 3 is 2.93 bits per heavy atom. The van der Waals surface area contributed by atoms with Gasteiger partial charge in [0.2, 0.25) is 0 Å². The molecule has 0 saturated heterocycles. The predicted octanol–water partition coefficient (Wildman–Crippen LogP) is 2.60. The molecule has 1 N–H and O–H groups in total. The van der Waals surface area contributed by atoms with Gasteiger partial charge in [0, 0.05) is 17.4 Å². The van der Waals surface area contributed by atoms with Gasteiger partial charge in [-0.2, -0.15) is 11.8 Å². The first-order valence-corrected chi connectivity index (χ1v) is 6.05. The van der Waals surface area contributed by atoms with Crippen LogP contribution in [0.15, 0.2) is 6.33 Å². The normalized spacial score (nSPS) is 12.6. The van der Waals surface area contributed by atoms with Gasteiger partial charge in [0.25, 0.3) is 0 Å². The van der Waals surface area contributed by atoms with E-state index >= 15 is 0 Å². The molecule has 0 fully saturated rings. The summed E-state index contributed by atoms with van der Waals surface area (Å²) < 4.78 is 0. The van der Waals surface area contributed by atoms with E-state index in [1.807, 2.05) is 18.7 Å². The fourth-order valence-electron chi connectivity index (χ4n) is 0.931. The molecule has 3 nitrogen and oxygen atoms in total. The van der Waals surface area contributed by atoms with Gasteiger partial charge in [-0.15, -0.1) is 0 Å². The lowest BCUT2D eigenvalue weighted by Crippen LogP contribution is -2.14. The van der Waals surface area contributed by atoms with E-state index in [0.717, 1.165) is 17.9 Å². The van der Waals surface area contributed by atoms with Gasteiger partial charge in [-0.3, -0.25) is 0 Å². The van der Waals surface area contributed by atoms with E-state index in [1.165, 1.54) is 6.33 Å². The van der Waals surface area contributed by atoms with Crippen LogP contribution in [0.4, 0.5) is 5.82 Å². The number of nitrogens with zero attached hydrogens (tertiary/aromatic N) is 2. The smallest absolute Gasteiger partial charge is 0.137 e. The molecule has 1 unspecified atom stereocenters. The highest BCUT2D eigenvalue weighted by Gasteiger charge is 2.05. The zero-order valence-corrected chi connectivity index (χ0v) is 10.1. The minimum atomic E-state index is 0.513. The van der Waals surface area contributed by atoms with Gasteiger partial charge in [-0.1, -0.05) is 18.5 Å². The fraction of sp³-hybridized carbons (Fsp3) is 0.556. The zero-order valence-electron chi connectivity index (χ0n) is 8.54. The van der Waals surface area contributed by atoms with E-state index in [2.05, 4.69) is 28.5 Å². The molecule has 78 valence electrons. The summed E-state index contributed by atoms with van der Waals surface area (Å²) in [6, 6.07) is 0. The first-order valence-electron chi connectivity index (χ1n) is 4.39. The molecule has 0 spiro atoms. The van der Waals surface area contributed by atoms with Gasteiger partial charge in [0.15, 0.2) is 0 Å². The Balaban J connectivity index is 2.63. The minimum Gasteiger partial charge on any atom is -0.369 e. The summed E-state index contributed by atoms with van der Waals surface area (Å²) in [5.74, 6) is 0.825. The third-order valence-electron chi connectivity index (χ3n) is 1.98. The third-order valence-corrected chi connectivity index (χ3v) is 3.33. The molecule has 0 bridgehead atoms. The average molecular weight is 232 g/mol. The van der Waals surface area contributed by atoms with Crippen molar-refractivity contribution in [2.75, 3.05) is 18.1 Å². The maximum Gasteiger partial charge on any atom is 0.137 e. The van der Waals surface area contributed by atoms with Crippen LogP contribution in [-0.4, -0.2) is 28.0 Å². The molecule has 0 aliphatic carbocycles. The lowest BCUT2D eigenvalue weighted by molar-refractivity contribution is 0.979. The number of anilines is 1. The Labute approximate surface area is 93.7 Å². The lowest BCUT2D eigenvalue weighted by Gasteiger charge is -2.12. The number of halogens is 1. The van der Waals surface area contributed by atoms with Gasteiger partial charge in [0.1, 0.15) is 17.3 Å². The molecule has 1 aromatic rings. The molecule has 1 atom stereocenters. The molecule has 1 aromatic heterocycles. The van der Waals surface area contributed by atoms with Crippen LogP contribution in [-0.2, 0) is 0 Å². The van der Waals surface area contributed by atoms with Gasteiger partial charge in [-0.05, 0) is 13.2 Å². The quantitative estimate of drug-likeness (QED) is 0.809. The average Bonchev–Trinajstić information content (AvgIpc) is 2.20. The fourth-order valence-corrected chi connectivity index (χ4v) is 1.31. The van der Waals surface area contributed by atoms with Crippen LogP contribution in [0, 0.1) is 6.92 Å². The summed E-state index contributed by atoms with van der Waals surface area (Å²) in [7, 11) is 0. The van der Waals surface area contributed by atoms with Crippen molar-refractivity contribution in [2.24, 2.45) is 0 Å². The molecule has 0 amide bonds. The Bertz CT molecular complexity index is 306. The van der Waals surface area contributed by atoms with Crippen molar-refractivity contribution in [3.63, 3.8) is 0 Å². The first kappa shape index (κ1) is 11.6. The molecule has 0 aromatic carbocycles. The van der Waals surface area contributed by atoms with E-state index in [0.29, 0.717) is 10.4 Å². The monoisotopic (exact) mass is 231 g/mol. The van der Waals surface area contributed by atoms with Gasteiger partial charge in [0.05, 0.1) is 0 Å². The van der Waals surface area contributed by atoms with Crippen molar-refractivity contribution in [1.82, 2.24) is 9.97 Å². The molecule has 0 aliphatic rings. The molecule has 1 rings (SSSR count). The van der Waals surface area contributed by atoms with Gasteiger partial charge in [-0.25, -0.2) is 9.97 Å². The Morgan fingerprint density at radius 2 is 2.29 bits per heavy atom.